The summed E-state index contributed by atoms with van der Waals surface area (Å²) in [7, 11) is 0. The molecule has 1 N–H and O–H groups in total. The Morgan fingerprint density at radius 3 is 2.38 bits per heavy atom. The number of aliphatic hydroxyl groups excluding tert-OH is 1. The van der Waals surface area contributed by atoms with Gasteiger partial charge in [-0.3, -0.25) is 14.5 Å². The standard InChI is InChI=1S/C21H22N2O6/c1-15(24)29-14-23-20(26)11-19(25)22(21(23)27)12-17-8-5-9-18(10-17)28-13-16-6-3-2-4-7-16/h2-10,15,24H,11-14H2,1H3. The number of nitrogens with zero attached hydrogens (tertiary/aromatic N) is 2. The van der Waals surface area contributed by atoms with Gasteiger partial charge in [-0.1, -0.05) is 42.5 Å². The molecule has 8 nitrogen and oxygen atoms in total. The third-order valence-electron chi connectivity index (χ3n) is 4.30. The molecule has 3 rings (SSSR count). The zero-order valence-corrected chi connectivity index (χ0v) is 16.0. The first-order chi connectivity index (χ1) is 13.9. The highest BCUT2D eigenvalue weighted by atomic mass is 16.6. The molecule has 0 aromatic heterocycles. The van der Waals surface area contributed by atoms with Gasteiger partial charge in [-0.05, 0) is 30.2 Å². The number of amides is 4. The topological polar surface area (TPSA) is 96.4 Å². The van der Waals surface area contributed by atoms with Crippen molar-refractivity contribution in [3.8, 4) is 5.75 Å². The third kappa shape index (κ3) is 5.40. The fourth-order valence-electron chi connectivity index (χ4n) is 2.80. The zero-order chi connectivity index (χ0) is 20.8. The number of hydrogen-bond acceptors (Lipinski definition) is 6. The lowest BCUT2D eigenvalue weighted by Crippen LogP contribution is -2.55. The van der Waals surface area contributed by atoms with Crippen molar-refractivity contribution in [3.05, 3.63) is 65.7 Å². The number of barbiturate groups is 1. The summed E-state index contributed by atoms with van der Waals surface area (Å²) < 4.78 is 10.7. The molecule has 4 amide bonds. The van der Waals surface area contributed by atoms with E-state index in [1.165, 1.54) is 6.92 Å². The molecule has 0 spiro atoms. The fraction of sp³-hybridized carbons (Fsp3) is 0.286. The maximum Gasteiger partial charge on any atom is 0.335 e. The lowest BCUT2D eigenvalue weighted by atomic mass is 10.1. The summed E-state index contributed by atoms with van der Waals surface area (Å²) in [6, 6.07) is 16.0. The van der Waals surface area contributed by atoms with E-state index in [0.717, 1.165) is 15.4 Å². The molecule has 152 valence electrons. The number of benzene rings is 2. The monoisotopic (exact) mass is 398 g/mol. The Labute approximate surface area is 168 Å². The lowest BCUT2D eigenvalue weighted by Gasteiger charge is -2.32. The highest BCUT2D eigenvalue weighted by Gasteiger charge is 2.38. The van der Waals surface area contributed by atoms with Crippen LogP contribution in [-0.2, 0) is 27.5 Å². The number of carbonyl (C=O) groups excluding carboxylic acids is 3. The molecule has 8 heteroatoms. The lowest BCUT2D eigenvalue weighted by molar-refractivity contribution is -0.154. The largest absolute Gasteiger partial charge is 0.489 e. The van der Waals surface area contributed by atoms with Gasteiger partial charge < -0.3 is 14.6 Å². The Morgan fingerprint density at radius 2 is 1.66 bits per heavy atom. The molecular weight excluding hydrogens is 376 g/mol. The number of ether oxygens (including phenoxy) is 2. The van der Waals surface area contributed by atoms with E-state index in [9.17, 15) is 19.5 Å². The van der Waals surface area contributed by atoms with E-state index in [1.807, 2.05) is 30.3 Å². The first-order valence-corrected chi connectivity index (χ1v) is 9.14. The van der Waals surface area contributed by atoms with Gasteiger partial charge in [0.2, 0.25) is 11.8 Å². The van der Waals surface area contributed by atoms with E-state index in [4.69, 9.17) is 9.47 Å². The SMILES string of the molecule is CC(O)OCN1C(=O)CC(=O)N(Cc2cccc(OCc3ccccc3)c2)C1=O. The van der Waals surface area contributed by atoms with Crippen molar-refractivity contribution in [2.75, 3.05) is 6.73 Å². The van der Waals surface area contributed by atoms with E-state index < -0.39 is 37.3 Å². The van der Waals surface area contributed by atoms with Gasteiger partial charge in [0.25, 0.3) is 0 Å². The number of aliphatic hydroxyl groups is 1. The number of hydrogen-bond donors (Lipinski definition) is 1. The Kier molecular flexibility index (Phi) is 6.58. The van der Waals surface area contributed by atoms with Crippen LogP contribution in [0.3, 0.4) is 0 Å². The molecule has 1 unspecified atom stereocenters. The van der Waals surface area contributed by atoms with Crippen molar-refractivity contribution >= 4 is 17.8 Å². The number of urea groups is 1. The number of imide groups is 2. The zero-order valence-electron chi connectivity index (χ0n) is 16.0. The Bertz CT molecular complexity index is 884. The van der Waals surface area contributed by atoms with Crippen LogP contribution in [0.25, 0.3) is 0 Å². The van der Waals surface area contributed by atoms with Crippen LogP contribution in [0.1, 0.15) is 24.5 Å². The molecule has 29 heavy (non-hydrogen) atoms. The maximum absolute atomic E-state index is 12.6. The minimum atomic E-state index is -1.14. The second-order valence-corrected chi connectivity index (χ2v) is 6.58. The van der Waals surface area contributed by atoms with Crippen LogP contribution in [0.2, 0.25) is 0 Å². The van der Waals surface area contributed by atoms with Crippen LogP contribution in [-0.4, -0.2) is 45.8 Å². The van der Waals surface area contributed by atoms with E-state index in [0.29, 0.717) is 17.9 Å². The van der Waals surface area contributed by atoms with Gasteiger partial charge in [0.1, 0.15) is 25.5 Å². The van der Waals surface area contributed by atoms with Crippen molar-refractivity contribution < 1.29 is 29.0 Å². The van der Waals surface area contributed by atoms with Crippen LogP contribution >= 0.6 is 0 Å². The molecule has 1 fully saturated rings. The van der Waals surface area contributed by atoms with Gasteiger partial charge in [-0.2, -0.15) is 0 Å². The van der Waals surface area contributed by atoms with Crippen molar-refractivity contribution in [2.24, 2.45) is 0 Å². The molecule has 1 aliphatic rings. The second-order valence-electron chi connectivity index (χ2n) is 6.58. The molecule has 1 aliphatic heterocycles. The van der Waals surface area contributed by atoms with Crippen LogP contribution < -0.4 is 4.74 Å². The van der Waals surface area contributed by atoms with E-state index in [2.05, 4.69) is 0 Å². The van der Waals surface area contributed by atoms with Crippen LogP contribution in [0, 0.1) is 0 Å². The van der Waals surface area contributed by atoms with Crippen molar-refractivity contribution in [1.82, 2.24) is 9.80 Å². The molecule has 1 atom stereocenters. The smallest absolute Gasteiger partial charge is 0.335 e. The summed E-state index contributed by atoms with van der Waals surface area (Å²) in [6.45, 7) is 1.34. The van der Waals surface area contributed by atoms with Gasteiger partial charge in [0.05, 0.1) is 6.54 Å². The van der Waals surface area contributed by atoms with Crippen molar-refractivity contribution in [1.29, 1.82) is 0 Å². The number of carbonyl (C=O) groups is 3. The van der Waals surface area contributed by atoms with Gasteiger partial charge in [0.15, 0.2) is 6.29 Å². The average Bonchev–Trinajstić information content (AvgIpc) is 2.70. The second kappa shape index (κ2) is 9.31. The van der Waals surface area contributed by atoms with Gasteiger partial charge in [-0.25, -0.2) is 9.69 Å². The predicted molar refractivity (Wildman–Crippen MR) is 102 cm³/mol. The van der Waals surface area contributed by atoms with Crippen LogP contribution in [0.15, 0.2) is 54.6 Å². The molecule has 0 saturated carbocycles. The molecule has 1 saturated heterocycles. The quantitative estimate of drug-likeness (QED) is 0.541. The maximum atomic E-state index is 12.6. The first kappa shape index (κ1) is 20.5. The van der Waals surface area contributed by atoms with Gasteiger partial charge in [0, 0.05) is 0 Å². The van der Waals surface area contributed by atoms with Crippen LogP contribution in [0.4, 0.5) is 4.79 Å². The normalized spacial score (nSPS) is 15.6. The molecule has 1 heterocycles. The Morgan fingerprint density at radius 1 is 0.966 bits per heavy atom. The Hall–Kier alpha value is -3.23. The molecule has 2 aromatic rings. The summed E-state index contributed by atoms with van der Waals surface area (Å²) in [6.07, 6.45) is -1.57. The minimum Gasteiger partial charge on any atom is -0.489 e. The Balaban J connectivity index is 1.67. The molecule has 0 bridgehead atoms. The van der Waals surface area contributed by atoms with E-state index >= 15 is 0 Å². The van der Waals surface area contributed by atoms with E-state index in [1.54, 1.807) is 24.3 Å². The summed E-state index contributed by atoms with van der Waals surface area (Å²) >= 11 is 0. The summed E-state index contributed by atoms with van der Waals surface area (Å²) in [4.78, 5) is 38.6. The average molecular weight is 398 g/mol. The summed E-state index contributed by atoms with van der Waals surface area (Å²) in [5.74, 6) is -0.630. The summed E-state index contributed by atoms with van der Waals surface area (Å²) in [5, 5.41) is 9.21. The van der Waals surface area contributed by atoms with Crippen molar-refractivity contribution in [2.45, 2.75) is 32.8 Å². The minimum absolute atomic E-state index is 0.00133. The highest BCUT2D eigenvalue weighted by Crippen LogP contribution is 2.20. The summed E-state index contributed by atoms with van der Waals surface area (Å²) in [5.41, 5.74) is 1.70. The van der Waals surface area contributed by atoms with Crippen molar-refractivity contribution in [3.63, 3.8) is 0 Å². The molecule has 2 aromatic carbocycles. The number of rotatable bonds is 8. The highest BCUT2D eigenvalue weighted by molar-refractivity contribution is 6.13. The predicted octanol–water partition coefficient (Wildman–Crippen LogP) is 2.26. The molecular formula is C21H22N2O6. The fourth-order valence-corrected chi connectivity index (χ4v) is 2.80. The van der Waals surface area contributed by atoms with Gasteiger partial charge in [-0.15, -0.1) is 0 Å². The first-order valence-electron chi connectivity index (χ1n) is 9.14. The van der Waals surface area contributed by atoms with Crippen LogP contribution in [0.5, 0.6) is 5.75 Å². The molecule has 0 radical (unpaired) electrons. The molecule has 0 aliphatic carbocycles. The van der Waals surface area contributed by atoms with E-state index in [-0.39, 0.29) is 6.54 Å². The van der Waals surface area contributed by atoms with Gasteiger partial charge >= 0.3 is 6.03 Å². The third-order valence-corrected chi connectivity index (χ3v) is 4.30.